The van der Waals surface area contributed by atoms with Gasteiger partial charge in [-0.2, -0.15) is 22.7 Å². The second-order valence-electron chi connectivity index (χ2n) is 5.81. The van der Waals surface area contributed by atoms with Crippen LogP contribution in [0.25, 0.3) is 5.57 Å². The predicted octanol–water partition coefficient (Wildman–Crippen LogP) is -0.325. The highest BCUT2D eigenvalue weighted by molar-refractivity contribution is 7.08. The van der Waals surface area contributed by atoms with E-state index in [0.717, 1.165) is 32.5 Å². The number of aliphatic hydroxyl groups excluding tert-OH is 1. The molecule has 3 rings (SSSR count). The molecule has 1 atom stereocenters. The van der Waals surface area contributed by atoms with Gasteiger partial charge in [0.1, 0.15) is 12.6 Å². The fourth-order valence-corrected chi connectivity index (χ4v) is 4.46. The Hall–Kier alpha value is -0.650. The third-order valence-electron chi connectivity index (χ3n) is 4.12. The molecule has 0 spiro atoms. The Kier molecular flexibility index (Phi) is 6.66. The van der Waals surface area contributed by atoms with E-state index in [1.807, 2.05) is 6.92 Å². The Morgan fingerprint density at radius 2 is 1.68 bits per heavy atom. The number of thiophene rings is 2. The van der Waals surface area contributed by atoms with Gasteiger partial charge in [-0.05, 0) is 57.3 Å². The monoisotopic (exact) mass is 355 g/mol. The Morgan fingerprint density at radius 3 is 2.09 bits per heavy atom. The standard InChI is InChI=1S/C17H21NOS2.ClH/c1-13(19)10-18-6-2-14(3-7-18)17(15-4-8-20-11-15)16-5-9-21-12-16;/h4-5,8-9,11-13,19H,2-3,6-7,10H2,1H3;1H. The summed E-state index contributed by atoms with van der Waals surface area (Å²) in [5, 5.41) is 18.4. The summed E-state index contributed by atoms with van der Waals surface area (Å²) >= 11 is 3.54. The van der Waals surface area contributed by atoms with Gasteiger partial charge in [-0.1, -0.05) is 5.57 Å². The molecule has 22 heavy (non-hydrogen) atoms. The van der Waals surface area contributed by atoms with Gasteiger partial charge in [0.2, 0.25) is 0 Å². The maximum absolute atomic E-state index is 9.55. The first kappa shape index (κ1) is 17.7. The molecule has 1 aliphatic rings. The van der Waals surface area contributed by atoms with Crippen molar-refractivity contribution in [3.8, 4) is 0 Å². The summed E-state index contributed by atoms with van der Waals surface area (Å²) in [6, 6.07) is 4.47. The van der Waals surface area contributed by atoms with Crippen LogP contribution in [0.15, 0.2) is 39.2 Å². The van der Waals surface area contributed by atoms with E-state index in [1.165, 1.54) is 21.6 Å². The number of nitrogens with one attached hydrogen (secondary N) is 1. The molecule has 1 saturated heterocycles. The number of hydrogen-bond donors (Lipinski definition) is 2. The first-order chi connectivity index (χ1) is 10.2. The molecule has 0 aliphatic carbocycles. The number of hydrogen-bond acceptors (Lipinski definition) is 3. The molecule has 0 bridgehead atoms. The van der Waals surface area contributed by atoms with Crippen LogP contribution < -0.4 is 17.3 Å². The summed E-state index contributed by atoms with van der Waals surface area (Å²) < 4.78 is 0. The Bertz CT molecular complexity index is 544. The van der Waals surface area contributed by atoms with Gasteiger partial charge in [0.15, 0.2) is 0 Å². The highest BCUT2D eigenvalue weighted by atomic mass is 35.5. The number of quaternary nitrogens is 1. The maximum atomic E-state index is 9.55. The molecule has 2 N–H and O–H groups in total. The van der Waals surface area contributed by atoms with Crippen molar-refractivity contribution in [2.45, 2.75) is 25.9 Å². The Labute approximate surface area is 146 Å². The number of aliphatic hydroxyl groups is 1. The van der Waals surface area contributed by atoms with Crippen LogP contribution in [0.1, 0.15) is 30.9 Å². The van der Waals surface area contributed by atoms with Crippen molar-refractivity contribution in [2.24, 2.45) is 0 Å². The normalized spacial score (nSPS) is 19.5. The summed E-state index contributed by atoms with van der Waals surface area (Å²) in [4.78, 5) is 1.53. The highest BCUT2D eigenvalue weighted by Gasteiger charge is 2.22. The third kappa shape index (κ3) is 4.21. The fourth-order valence-electron chi connectivity index (χ4n) is 3.17. The van der Waals surface area contributed by atoms with Crippen molar-refractivity contribution in [1.29, 1.82) is 0 Å². The van der Waals surface area contributed by atoms with E-state index in [-0.39, 0.29) is 18.5 Å². The first-order valence-electron chi connectivity index (χ1n) is 7.53. The minimum atomic E-state index is -0.196. The molecule has 5 heteroatoms. The van der Waals surface area contributed by atoms with Gasteiger partial charge in [0.05, 0.1) is 13.1 Å². The molecular formula is C17H22ClNOS2. The van der Waals surface area contributed by atoms with Crippen molar-refractivity contribution < 1.29 is 22.4 Å². The summed E-state index contributed by atoms with van der Waals surface area (Å²) in [7, 11) is 0. The Balaban J connectivity index is 0.00000176. The lowest BCUT2D eigenvalue weighted by Crippen LogP contribution is -3.13. The minimum Gasteiger partial charge on any atom is -1.00 e. The van der Waals surface area contributed by atoms with E-state index in [4.69, 9.17) is 0 Å². The quantitative estimate of drug-likeness (QED) is 0.771. The molecule has 2 aromatic heterocycles. The molecule has 0 saturated carbocycles. The van der Waals surface area contributed by atoms with Crippen molar-refractivity contribution in [3.63, 3.8) is 0 Å². The summed E-state index contributed by atoms with van der Waals surface area (Å²) in [6.45, 7) is 5.04. The van der Waals surface area contributed by atoms with Gasteiger partial charge in [-0.3, -0.25) is 0 Å². The molecule has 1 aliphatic heterocycles. The highest BCUT2D eigenvalue weighted by Crippen LogP contribution is 2.32. The van der Waals surface area contributed by atoms with Crippen LogP contribution in [0.2, 0.25) is 0 Å². The van der Waals surface area contributed by atoms with Crippen LogP contribution in [0.3, 0.4) is 0 Å². The first-order valence-corrected chi connectivity index (χ1v) is 9.41. The van der Waals surface area contributed by atoms with Gasteiger partial charge >= 0.3 is 0 Å². The van der Waals surface area contributed by atoms with Gasteiger partial charge < -0.3 is 22.4 Å². The zero-order chi connectivity index (χ0) is 14.7. The second kappa shape index (κ2) is 8.27. The molecule has 1 unspecified atom stereocenters. The van der Waals surface area contributed by atoms with Crippen molar-refractivity contribution in [3.05, 3.63) is 50.4 Å². The van der Waals surface area contributed by atoms with E-state index in [2.05, 4.69) is 33.7 Å². The SMILES string of the molecule is CC(O)C[NH+]1CCC(=C(c2ccsc2)c2ccsc2)CC1.[Cl-]. The van der Waals surface area contributed by atoms with E-state index >= 15 is 0 Å². The largest absolute Gasteiger partial charge is 1.00 e. The average molecular weight is 356 g/mol. The molecule has 0 aromatic carbocycles. The molecule has 1 fully saturated rings. The maximum Gasteiger partial charge on any atom is 0.103 e. The van der Waals surface area contributed by atoms with E-state index in [1.54, 1.807) is 28.2 Å². The van der Waals surface area contributed by atoms with Crippen LogP contribution >= 0.6 is 22.7 Å². The van der Waals surface area contributed by atoms with Crippen molar-refractivity contribution >= 4 is 28.2 Å². The summed E-state index contributed by atoms with van der Waals surface area (Å²) in [5.74, 6) is 0. The Morgan fingerprint density at radius 1 is 1.14 bits per heavy atom. The van der Waals surface area contributed by atoms with E-state index in [0.29, 0.717) is 0 Å². The van der Waals surface area contributed by atoms with Crippen LogP contribution in [-0.2, 0) is 0 Å². The molecule has 120 valence electrons. The zero-order valence-electron chi connectivity index (χ0n) is 12.7. The minimum absolute atomic E-state index is 0. The van der Waals surface area contributed by atoms with Crippen molar-refractivity contribution in [2.75, 3.05) is 19.6 Å². The lowest BCUT2D eigenvalue weighted by molar-refractivity contribution is -0.905. The predicted molar refractivity (Wildman–Crippen MR) is 91.1 cm³/mol. The molecule has 2 aromatic rings. The summed E-state index contributed by atoms with van der Waals surface area (Å²) in [6.07, 6.45) is 2.09. The van der Waals surface area contributed by atoms with E-state index < -0.39 is 0 Å². The fraction of sp³-hybridized carbons (Fsp3) is 0.412. The van der Waals surface area contributed by atoms with Gasteiger partial charge in [0.25, 0.3) is 0 Å². The topological polar surface area (TPSA) is 24.7 Å². The molecule has 2 nitrogen and oxygen atoms in total. The van der Waals surface area contributed by atoms with Crippen LogP contribution in [0, 0.1) is 0 Å². The lowest BCUT2D eigenvalue weighted by atomic mass is 9.91. The lowest BCUT2D eigenvalue weighted by Gasteiger charge is -2.28. The number of halogens is 1. The van der Waals surface area contributed by atoms with Crippen LogP contribution in [0.5, 0.6) is 0 Å². The molecule has 0 radical (unpaired) electrons. The molecular weight excluding hydrogens is 334 g/mol. The van der Waals surface area contributed by atoms with Crippen LogP contribution in [0.4, 0.5) is 0 Å². The smallest absolute Gasteiger partial charge is 0.103 e. The molecule has 0 amide bonds. The van der Waals surface area contributed by atoms with Gasteiger partial charge in [-0.15, -0.1) is 0 Å². The van der Waals surface area contributed by atoms with Gasteiger partial charge in [0, 0.05) is 12.8 Å². The van der Waals surface area contributed by atoms with Crippen molar-refractivity contribution in [1.82, 2.24) is 0 Å². The summed E-state index contributed by atoms with van der Waals surface area (Å²) in [5.41, 5.74) is 5.77. The average Bonchev–Trinajstić information content (AvgIpc) is 3.14. The number of piperidine rings is 1. The number of likely N-dealkylation sites (tertiary alicyclic amines) is 1. The number of rotatable bonds is 4. The molecule has 3 heterocycles. The van der Waals surface area contributed by atoms with Gasteiger partial charge in [-0.25, -0.2) is 0 Å². The second-order valence-corrected chi connectivity index (χ2v) is 7.37. The van der Waals surface area contributed by atoms with Crippen LogP contribution in [-0.4, -0.2) is 30.8 Å². The zero-order valence-corrected chi connectivity index (χ0v) is 15.1. The van der Waals surface area contributed by atoms with E-state index in [9.17, 15) is 5.11 Å². The third-order valence-corrected chi connectivity index (χ3v) is 5.48.